The van der Waals surface area contributed by atoms with Crippen LogP contribution in [-0.4, -0.2) is 55.7 Å². The van der Waals surface area contributed by atoms with Crippen molar-refractivity contribution in [3.63, 3.8) is 0 Å². The molecule has 4 atom stereocenters. The van der Waals surface area contributed by atoms with Gasteiger partial charge in [0.05, 0.1) is 18.2 Å². The van der Waals surface area contributed by atoms with Gasteiger partial charge < -0.3 is 25.4 Å². The summed E-state index contributed by atoms with van der Waals surface area (Å²) in [5.41, 5.74) is 3.22. The van der Waals surface area contributed by atoms with Gasteiger partial charge in [-0.15, -0.1) is 0 Å². The van der Waals surface area contributed by atoms with E-state index in [1.165, 1.54) is 0 Å². The molecule has 0 aliphatic carbocycles. The Labute approximate surface area is 152 Å². The summed E-state index contributed by atoms with van der Waals surface area (Å²) in [4.78, 5) is 15.8. The van der Waals surface area contributed by atoms with E-state index in [1.54, 1.807) is 13.8 Å². The van der Waals surface area contributed by atoms with Crippen molar-refractivity contribution in [2.75, 3.05) is 12.3 Å². The summed E-state index contributed by atoms with van der Waals surface area (Å²) in [6.45, 7) is 2.49. The molecule has 0 aromatic carbocycles. The molecule has 10 nitrogen and oxygen atoms in total. The van der Waals surface area contributed by atoms with E-state index in [0.29, 0.717) is 0 Å². The first-order chi connectivity index (χ1) is 12.8. The summed E-state index contributed by atoms with van der Waals surface area (Å²) in [5, 5.41) is 33.7. The molecule has 1 saturated heterocycles. The predicted octanol–water partition coefficient (Wildman–Crippen LogP) is -0.511. The number of ether oxygens (including phenoxy) is 2. The quantitative estimate of drug-likeness (QED) is 0.595. The number of fused-ring (bicyclic) bond motifs is 1. The number of rotatable bonds is 4. The highest BCUT2D eigenvalue weighted by atomic mass is 19.1. The predicted molar refractivity (Wildman–Crippen MR) is 87.3 cm³/mol. The highest BCUT2D eigenvalue weighted by molar-refractivity contribution is 5.72. The Balaban J connectivity index is 2.21. The number of hydrogen-bond donors (Lipinski definition) is 3. The monoisotopic (exact) mass is 379 g/mol. The summed E-state index contributed by atoms with van der Waals surface area (Å²) in [6.07, 6.45) is -3.23. The summed E-state index contributed by atoms with van der Waals surface area (Å²) < 4.78 is 26.3. The number of esters is 1. The third-order valence-electron chi connectivity index (χ3n) is 4.41. The Morgan fingerprint density at radius 1 is 1.63 bits per heavy atom. The van der Waals surface area contributed by atoms with Crippen molar-refractivity contribution < 1.29 is 28.9 Å². The molecule has 0 radical (unpaired) electrons. The van der Waals surface area contributed by atoms with Crippen LogP contribution in [0.4, 0.5) is 10.2 Å². The summed E-state index contributed by atoms with van der Waals surface area (Å²) in [7, 11) is 0. The number of halogens is 1. The molecule has 1 aliphatic rings. The van der Waals surface area contributed by atoms with Gasteiger partial charge in [0.2, 0.25) is 5.60 Å². The Bertz CT molecular complexity index is 926. The first-order valence-electron chi connectivity index (χ1n) is 8.13. The molecule has 3 heterocycles. The molecule has 0 unspecified atom stereocenters. The van der Waals surface area contributed by atoms with E-state index in [9.17, 15) is 24.7 Å². The topological polar surface area (TPSA) is 156 Å². The first kappa shape index (κ1) is 19.0. The van der Waals surface area contributed by atoms with Crippen molar-refractivity contribution in [2.24, 2.45) is 5.92 Å². The van der Waals surface area contributed by atoms with Crippen LogP contribution in [-0.2, 0) is 19.9 Å². The molecule has 27 heavy (non-hydrogen) atoms. The fraction of sp³-hybridized carbons (Fsp3) is 0.500. The lowest BCUT2D eigenvalue weighted by Gasteiger charge is -2.28. The molecular formula is C16H18FN5O5. The number of hydrogen-bond acceptors (Lipinski definition) is 9. The molecule has 3 rings (SSSR count). The lowest BCUT2D eigenvalue weighted by Crippen LogP contribution is -2.45. The maximum atomic E-state index is 14.5. The van der Waals surface area contributed by atoms with Crippen LogP contribution in [0.5, 0.6) is 0 Å². The Morgan fingerprint density at radius 3 is 2.93 bits per heavy atom. The Kier molecular flexibility index (Phi) is 4.73. The van der Waals surface area contributed by atoms with Gasteiger partial charge in [-0.3, -0.25) is 4.79 Å². The van der Waals surface area contributed by atoms with Gasteiger partial charge in [0.25, 0.3) is 0 Å². The minimum atomic E-state index is -2.12. The number of carbonyl (C=O) groups is 1. The molecule has 1 fully saturated rings. The van der Waals surface area contributed by atoms with Crippen LogP contribution in [0, 0.1) is 23.1 Å². The van der Waals surface area contributed by atoms with Crippen molar-refractivity contribution in [3.05, 3.63) is 23.9 Å². The largest absolute Gasteiger partial charge is 0.455 e. The fourth-order valence-corrected chi connectivity index (χ4v) is 3.01. The number of anilines is 1. The molecule has 0 saturated carbocycles. The van der Waals surface area contributed by atoms with Crippen LogP contribution in [0.15, 0.2) is 12.4 Å². The van der Waals surface area contributed by atoms with E-state index in [0.717, 1.165) is 16.9 Å². The number of nitrogen functional groups attached to an aromatic ring is 1. The Hall–Kier alpha value is -2.81. The van der Waals surface area contributed by atoms with Gasteiger partial charge >= 0.3 is 5.97 Å². The van der Waals surface area contributed by atoms with Crippen LogP contribution >= 0.6 is 0 Å². The highest BCUT2D eigenvalue weighted by Gasteiger charge is 2.60. The average Bonchev–Trinajstić information content (AvgIpc) is 3.12. The molecular weight excluding hydrogens is 361 g/mol. The second-order valence-corrected chi connectivity index (χ2v) is 6.47. The number of nitrogens with zero attached hydrogens (tertiary/aromatic N) is 4. The van der Waals surface area contributed by atoms with Gasteiger partial charge in [-0.2, -0.15) is 10.4 Å². The van der Waals surface area contributed by atoms with Gasteiger partial charge in [0, 0.05) is 6.07 Å². The summed E-state index contributed by atoms with van der Waals surface area (Å²) in [6, 6.07) is 2.80. The van der Waals surface area contributed by atoms with Crippen molar-refractivity contribution >= 4 is 17.3 Å². The second kappa shape index (κ2) is 6.73. The molecule has 4 N–H and O–H groups in total. The van der Waals surface area contributed by atoms with Crippen molar-refractivity contribution in [1.82, 2.24) is 14.6 Å². The molecule has 0 spiro atoms. The molecule has 144 valence electrons. The van der Waals surface area contributed by atoms with Gasteiger partial charge in [0.1, 0.15) is 30.1 Å². The molecule has 0 amide bonds. The van der Waals surface area contributed by atoms with Crippen LogP contribution in [0.25, 0.3) is 5.52 Å². The lowest BCUT2D eigenvalue weighted by molar-refractivity contribution is -0.163. The number of aliphatic hydroxyl groups is 2. The molecule has 11 heteroatoms. The average molecular weight is 379 g/mol. The zero-order valence-corrected chi connectivity index (χ0v) is 14.5. The normalized spacial score (nSPS) is 27.8. The van der Waals surface area contributed by atoms with E-state index in [2.05, 4.69) is 10.1 Å². The lowest BCUT2D eigenvalue weighted by atomic mass is 9.92. The summed E-state index contributed by atoms with van der Waals surface area (Å²) in [5.74, 6) is -2.25. The number of nitriles is 1. The SMILES string of the molecule is CC(C)C(=O)O[C@@H]1[C@H](O)[C@@H](CO)O[C@@]1(C#N)c1cc(F)c2c(N)ncnn12. The third-order valence-corrected chi connectivity index (χ3v) is 4.41. The van der Waals surface area contributed by atoms with Crippen molar-refractivity contribution in [3.8, 4) is 6.07 Å². The van der Waals surface area contributed by atoms with E-state index < -0.39 is 48.2 Å². The fourth-order valence-electron chi connectivity index (χ4n) is 3.01. The van der Waals surface area contributed by atoms with Gasteiger partial charge in [0.15, 0.2) is 17.7 Å². The van der Waals surface area contributed by atoms with Gasteiger partial charge in [-0.25, -0.2) is 13.9 Å². The minimum absolute atomic E-state index is 0.150. The van der Waals surface area contributed by atoms with Crippen molar-refractivity contribution in [2.45, 2.75) is 37.8 Å². The molecule has 2 aromatic rings. The number of carbonyl (C=O) groups excluding carboxylic acids is 1. The number of nitrogens with two attached hydrogens (primary N) is 1. The molecule has 0 bridgehead atoms. The smallest absolute Gasteiger partial charge is 0.308 e. The maximum Gasteiger partial charge on any atom is 0.308 e. The summed E-state index contributed by atoms with van der Waals surface area (Å²) >= 11 is 0. The van der Waals surface area contributed by atoms with Gasteiger partial charge in [-0.05, 0) is 0 Å². The number of aromatic nitrogens is 3. The standard InChI is InChI=1S/C16H18FN5O5/c1-7(2)15(25)26-13-12(24)9(4-23)27-16(13,5-18)10-3-8(17)11-14(19)20-6-21-22(10)11/h3,6-7,9,12-13,23-24H,4H2,1-2H3,(H2,19,20,21)/t9-,12-,13-,16+/m1/s1. The van der Waals surface area contributed by atoms with E-state index in [4.69, 9.17) is 15.2 Å². The molecule has 2 aromatic heterocycles. The first-order valence-corrected chi connectivity index (χ1v) is 8.13. The van der Waals surface area contributed by atoms with Crippen LogP contribution in [0.1, 0.15) is 19.5 Å². The van der Waals surface area contributed by atoms with E-state index in [1.807, 2.05) is 6.07 Å². The maximum absolute atomic E-state index is 14.5. The van der Waals surface area contributed by atoms with Crippen LogP contribution < -0.4 is 5.73 Å². The third kappa shape index (κ3) is 2.78. The van der Waals surface area contributed by atoms with E-state index >= 15 is 0 Å². The van der Waals surface area contributed by atoms with Crippen molar-refractivity contribution in [1.29, 1.82) is 5.26 Å². The van der Waals surface area contributed by atoms with Crippen LogP contribution in [0.2, 0.25) is 0 Å². The zero-order valence-electron chi connectivity index (χ0n) is 14.5. The highest BCUT2D eigenvalue weighted by Crippen LogP contribution is 2.42. The Morgan fingerprint density at radius 2 is 2.33 bits per heavy atom. The second-order valence-electron chi connectivity index (χ2n) is 6.47. The molecule has 1 aliphatic heterocycles. The minimum Gasteiger partial charge on any atom is -0.455 e. The number of aliphatic hydroxyl groups excluding tert-OH is 2. The van der Waals surface area contributed by atoms with E-state index in [-0.39, 0.29) is 17.0 Å². The zero-order chi connectivity index (χ0) is 19.9. The van der Waals surface area contributed by atoms with Gasteiger partial charge in [-0.1, -0.05) is 13.8 Å². The van der Waals surface area contributed by atoms with Crippen LogP contribution in [0.3, 0.4) is 0 Å².